The Bertz CT molecular complexity index is 1050. The molecule has 0 amide bonds. The molecule has 0 fully saturated rings. The molecule has 0 aliphatic rings. The third-order valence-corrected chi connectivity index (χ3v) is 4.52. The average Bonchev–Trinajstić information content (AvgIpc) is 2.69. The van der Waals surface area contributed by atoms with Crippen LogP contribution in [0.2, 0.25) is 19.6 Å². The molecular formula is C24H22N2OSi. The lowest BCUT2D eigenvalue weighted by Gasteiger charge is -2.04. The molecule has 0 saturated heterocycles. The largest absolute Gasteiger partial charge is 0.457 e. The Morgan fingerprint density at radius 2 is 1.36 bits per heavy atom. The van der Waals surface area contributed by atoms with Crippen LogP contribution in [-0.2, 0) is 0 Å². The lowest BCUT2D eigenvalue weighted by atomic mass is 10.2. The summed E-state index contributed by atoms with van der Waals surface area (Å²) >= 11 is 0. The molecule has 0 atom stereocenters. The summed E-state index contributed by atoms with van der Waals surface area (Å²) in [6.07, 6.45) is 0. The minimum absolute atomic E-state index is 0.758. The highest BCUT2D eigenvalue weighted by atomic mass is 28.3. The van der Waals surface area contributed by atoms with Crippen LogP contribution in [0.25, 0.3) is 0 Å². The molecule has 138 valence electrons. The number of nitrogens with zero attached hydrogens (tertiary/aromatic N) is 2. The van der Waals surface area contributed by atoms with Gasteiger partial charge in [-0.2, -0.15) is 9.98 Å². The molecule has 0 unspecified atom stereocenters. The fourth-order valence-corrected chi connectivity index (χ4v) is 2.79. The first kappa shape index (κ1) is 19.4. The molecule has 3 aromatic rings. The highest BCUT2D eigenvalue weighted by Crippen LogP contribution is 2.23. The van der Waals surface area contributed by atoms with Gasteiger partial charge in [0.25, 0.3) is 0 Å². The van der Waals surface area contributed by atoms with Gasteiger partial charge >= 0.3 is 0 Å². The van der Waals surface area contributed by atoms with Crippen molar-refractivity contribution < 1.29 is 4.74 Å². The molecule has 0 bridgehead atoms. The molecule has 0 N–H and O–H groups in total. The molecular weight excluding hydrogens is 360 g/mol. The standard InChI is InChI=1S/C24H22N2OSi/c1-28(2,3)18-17-20-9-7-8-12-24(20)26-19-25-21-13-15-23(16-14-21)27-22-10-5-4-6-11-22/h4-16H,1-3H3. The first-order valence-electron chi connectivity index (χ1n) is 9.11. The van der Waals surface area contributed by atoms with Gasteiger partial charge in [-0.15, -0.1) is 5.54 Å². The topological polar surface area (TPSA) is 34.0 Å². The fourth-order valence-electron chi connectivity index (χ4n) is 2.28. The molecule has 0 aliphatic carbocycles. The van der Waals surface area contributed by atoms with Crippen molar-refractivity contribution in [3.05, 3.63) is 84.4 Å². The van der Waals surface area contributed by atoms with Crippen LogP contribution in [0.4, 0.5) is 11.4 Å². The van der Waals surface area contributed by atoms with E-state index in [1.165, 1.54) is 0 Å². The van der Waals surface area contributed by atoms with Crippen LogP contribution in [0.5, 0.6) is 11.5 Å². The van der Waals surface area contributed by atoms with Gasteiger partial charge in [0.15, 0.2) is 0 Å². The first-order chi connectivity index (χ1) is 13.5. The van der Waals surface area contributed by atoms with E-state index in [-0.39, 0.29) is 0 Å². The van der Waals surface area contributed by atoms with Crippen molar-refractivity contribution in [2.45, 2.75) is 19.6 Å². The zero-order valence-corrected chi connectivity index (χ0v) is 17.3. The van der Waals surface area contributed by atoms with Gasteiger partial charge < -0.3 is 4.74 Å². The van der Waals surface area contributed by atoms with Crippen LogP contribution in [0.15, 0.2) is 88.8 Å². The SMILES string of the molecule is C[Si](C)(C)C#Cc1ccccc1N=C=Nc1ccc(Oc2ccccc2)cc1. The van der Waals surface area contributed by atoms with Gasteiger partial charge in [-0.05, 0) is 48.5 Å². The van der Waals surface area contributed by atoms with Gasteiger partial charge in [0.2, 0.25) is 0 Å². The van der Waals surface area contributed by atoms with Gasteiger partial charge in [0, 0.05) is 0 Å². The maximum absolute atomic E-state index is 5.78. The summed E-state index contributed by atoms with van der Waals surface area (Å²) in [5.41, 5.74) is 5.81. The lowest BCUT2D eigenvalue weighted by molar-refractivity contribution is 0.483. The molecule has 28 heavy (non-hydrogen) atoms. The fraction of sp³-hybridized carbons (Fsp3) is 0.125. The first-order valence-corrected chi connectivity index (χ1v) is 12.6. The summed E-state index contributed by atoms with van der Waals surface area (Å²) in [6, 6.07) is 27.8. The van der Waals surface area contributed by atoms with Crippen molar-refractivity contribution in [3.63, 3.8) is 0 Å². The number of para-hydroxylation sites is 2. The summed E-state index contributed by atoms with van der Waals surface area (Å²) in [5.74, 6) is 4.81. The second-order valence-electron chi connectivity index (χ2n) is 7.25. The van der Waals surface area contributed by atoms with Gasteiger partial charge in [-0.1, -0.05) is 55.9 Å². The minimum atomic E-state index is -1.44. The molecule has 0 heterocycles. The van der Waals surface area contributed by atoms with Crippen LogP contribution in [0.1, 0.15) is 5.56 Å². The zero-order chi connectivity index (χ0) is 19.8. The van der Waals surface area contributed by atoms with Crippen molar-refractivity contribution >= 4 is 25.5 Å². The van der Waals surface area contributed by atoms with E-state index in [0.29, 0.717) is 0 Å². The van der Waals surface area contributed by atoms with E-state index in [2.05, 4.69) is 47.1 Å². The van der Waals surface area contributed by atoms with Gasteiger partial charge in [0.05, 0.1) is 16.9 Å². The van der Waals surface area contributed by atoms with E-state index < -0.39 is 8.07 Å². The molecule has 0 saturated carbocycles. The summed E-state index contributed by atoms with van der Waals surface area (Å²) in [5, 5.41) is 0. The highest BCUT2D eigenvalue weighted by molar-refractivity contribution is 6.83. The van der Waals surface area contributed by atoms with Crippen LogP contribution >= 0.6 is 0 Å². The zero-order valence-electron chi connectivity index (χ0n) is 16.3. The summed E-state index contributed by atoms with van der Waals surface area (Å²) in [4.78, 5) is 8.65. The van der Waals surface area contributed by atoms with Crippen LogP contribution in [-0.4, -0.2) is 14.1 Å². The monoisotopic (exact) mass is 382 g/mol. The number of hydrogen-bond donors (Lipinski definition) is 0. The number of rotatable bonds is 4. The molecule has 0 spiro atoms. The van der Waals surface area contributed by atoms with E-state index in [1.54, 1.807) is 0 Å². The number of benzene rings is 3. The maximum Gasteiger partial charge on any atom is 0.129 e. The molecule has 3 rings (SSSR count). The summed E-state index contributed by atoms with van der Waals surface area (Å²) < 4.78 is 5.78. The van der Waals surface area contributed by atoms with Crippen molar-refractivity contribution in [2.24, 2.45) is 9.98 Å². The second-order valence-corrected chi connectivity index (χ2v) is 12.0. The van der Waals surface area contributed by atoms with Crippen molar-refractivity contribution in [1.29, 1.82) is 0 Å². The quantitative estimate of drug-likeness (QED) is 0.276. The van der Waals surface area contributed by atoms with E-state index in [4.69, 9.17) is 4.74 Å². The number of ether oxygens (including phenoxy) is 1. The predicted octanol–water partition coefficient (Wildman–Crippen LogP) is 6.84. The van der Waals surface area contributed by atoms with Crippen LogP contribution in [0, 0.1) is 11.5 Å². The van der Waals surface area contributed by atoms with E-state index >= 15 is 0 Å². The smallest absolute Gasteiger partial charge is 0.129 e. The van der Waals surface area contributed by atoms with Crippen molar-refractivity contribution in [2.75, 3.05) is 0 Å². The number of aliphatic imine (C=N–C) groups is 2. The van der Waals surface area contributed by atoms with Crippen LogP contribution < -0.4 is 4.74 Å². The molecule has 3 nitrogen and oxygen atoms in total. The van der Waals surface area contributed by atoms with Gasteiger partial charge in [-0.25, -0.2) is 0 Å². The van der Waals surface area contributed by atoms with Crippen molar-refractivity contribution in [3.8, 4) is 23.0 Å². The van der Waals surface area contributed by atoms with E-state index in [9.17, 15) is 0 Å². The third-order valence-electron chi connectivity index (χ3n) is 3.64. The molecule has 0 aliphatic heterocycles. The normalized spacial score (nSPS) is 10.2. The molecule has 4 heteroatoms. The van der Waals surface area contributed by atoms with Gasteiger partial charge in [-0.3, -0.25) is 0 Å². The summed E-state index contributed by atoms with van der Waals surface area (Å²) in [6.45, 7) is 6.66. The number of hydrogen-bond acceptors (Lipinski definition) is 3. The van der Waals surface area contributed by atoms with Crippen LogP contribution in [0.3, 0.4) is 0 Å². The van der Waals surface area contributed by atoms with E-state index in [1.807, 2.05) is 78.9 Å². The Morgan fingerprint density at radius 3 is 2.07 bits per heavy atom. The molecule has 0 aromatic heterocycles. The average molecular weight is 383 g/mol. The molecule has 3 aromatic carbocycles. The van der Waals surface area contributed by atoms with Crippen molar-refractivity contribution in [1.82, 2.24) is 0 Å². The van der Waals surface area contributed by atoms with E-state index in [0.717, 1.165) is 28.4 Å². The Kier molecular flexibility index (Phi) is 6.24. The second kappa shape index (κ2) is 9.01. The Hall–Kier alpha value is -3.38. The lowest BCUT2D eigenvalue weighted by Crippen LogP contribution is -2.16. The van der Waals surface area contributed by atoms with Gasteiger partial charge in [0.1, 0.15) is 25.6 Å². The summed E-state index contributed by atoms with van der Waals surface area (Å²) in [7, 11) is -1.44. The molecule has 0 radical (unpaired) electrons. The minimum Gasteiger partial charge on any atom is -0.457 e. The predicted molar refractivity (Wildman–Crippen MR) is 119 cm³/mol. The maximum atomic E-state index is 5.78. The Balaban J connectivity index is 1.73. The Morgan fingerprint density at radius 1 is 0.714 bits per heavy atom. The highest BCUT2D eigenvalue weighted by Gasteiger charge is 2.08. The third kappa shape index (κ3) is 6.10. The Labute approximate surface area is 167 Å².